The van der Waals surface area contributed by atoms with Crippen LogP contribution in [0.25, 0.3) is 0 Å². The van der Waals surface area contributed by atoms with Gasteiger partial charge in [-0.05, 0) is 19.9 Å². The lowest BCUT2D eigenvalue weighted by atomic mass is 9.98. The number of nitrogens with zero attached hydrogens (tertiary/aromatic N) is 3. The van der Waals surface area contributed by atoms with E-state index in [0.29, 0.717) is 0 Å². The maximum Gasteiger partial charge on any atom is 0.435 e. The van der Waals surface area contributed by atoms with Crippen molar-refractivity contribution >= 4 is 23.2 Å². The van der Waals surface area contributed by atoms with Gasteiger partial charge in [0.25, 0.3) is 0 Å². The molecule has 2 unspecified atom stereocenters. The summed E-state index contributed by atoms with van der Waals surface area (Å²) >= 11 is 11.9. The van der Waals surface area contributed by atoms with E-state index in [-0.39, 0.29) is 11.4 Å². The van der Waals surface area contributed by atoms with Gasteiger partial charge in [-0.2, -0.15) is 36.5 Å². The molecule has 0 radical (unpaired) electrons. The fraction of sp³-hybridized carbons (Fsp3) is 0.538. The van der Waals surface area contributed by atoms with Crippen molar-refractivity contribution in [2.75, 3.05) is 0 Å². The zero-order chi connectivity index (χ0) is 19.0. The number of hydrogen-bond acceptors (Lipinski definition) is 2. The summed E-state index contributed by atoms with van der Waals surface area (Å²) in [6, 6.07) is 1.35. The monoisotopic (exact) mass is 406 g/mol. The second-order valence-electron chi connectivity index (χ2n) is 5.82. The smallest absolute Gasteiger partial charge is 0.282 e. The number of aromatic amines is 1. The van der Waals surface area contributed by atoms with Crippen molar-refractivity contribution in [1.82, 2.24) is 20.0 Å². The predicted octanol–water partition coefficient (Wildman–Crippen LogP) is 4.35. The van der Waals surface area contributed by atoms with E-state index in [0.717, 1.165) is 10.9 Å². The highest BCUT2D eigenvalue weighted by atomic mass is 35.5. The van der Waals surface area contributed by atoms with Crippen LogP contribution in [0, 0.1) is 19.8 Å². The quantitative estimate of drug-likeness (QED) is 0.595. The Hall–Kier alpha value is -1.42. The number of hydrogen-bond donors (Lipinski definition) is 1. The Morgan fingerprint density at radius 2 is 1.76 bits per heavy atom. The van der Waals surface area contributed by atoms with Crippen LogP contribution in [-0.4, -0.2) is 30.5 Å². The molecule has 3 rings (SSSR count). The summed E-state index contributed by atoms with van der Waals surface area (Å²) in [5.74, 6) is -2.49. The van der Waals surface area contributed by atoms with Gasteiger partial charge >= 0.3 is 12.4 Å². The van der Waals surface area contributed by atoms with E-state index in [9.17, 15) is 26.3 Å². The van der Waals surface area contributed by atoms with Crippen LogP contribution in [0.1, 0.15) is 22.6 Å². The number of aromatic nitrogens is 4. The highest BCUT2D eigenvalue weighted by Crippen LogP contribution is 2.75. The summed E-state index contributed by atoms with van der Waals surface area (Å²) < 4.78 is 79.0. The van der Waals surface area contributed by atoms with E-state index in [1.807, 2.05) is 0 Å². The van der Waals surface area contributed by atoms with E-state index in [4.69, 9.17) is 23.2 Å². The topological polar surface area (TPSA) is 46.5 Å². The molecule has 4 nitrogen and oxygen atoms in total. The molecule has 1 fully saturated rings. The van der Waals surface area contributed by atoms with Crippen molar-refractivity contribution in [2.45, 2.75) is 36.1 Å². The molecule has 2 aromatic rings. The van der Waals surface area contributed by atoms with Crippen LogP contribution in [-0.2, 0) is 11.7 Å². The molecule has 1 N–H and O–H groups in total. The highest BCUT2D eigenvalue weighted by molar-refractivity contribution is 6.52. The van der Waals surface area contributed by atoms with E-state index in [1.165, 1.54) is 19.9 Å². The van der Waals surface area contributed by atoms with Gasteiger partial charge in [0, 0.05) is 23.1 Å². The molecule has 0 bridgehead atoms. The van der Waals surface area contributed by atoms with Crippen molar-refractivity contribution in [1.29, 1.82) is 0 Å². The molecule has 0 saturated heterocycles. The molecule has 12 heteroatoms. The van der Waals surface area contributed by atoms with Crippen LogP contribution in [0.15, 0.2) is 12.3 Å². The van der Waals surface area contributed by atoms with Gasteiger partial charge in [0.1, 0.15) is 11.5 Å². The highest BCUT2D eigenvalue weighted by Gasteiger charge is 2.88. The summed E-state index contributed by atoms with van der Waals surface area (Å²) in [4.78, 5) is 0. The minimum atomic E-state index is -5.00. The number of halogens is 8. The normalized spacial score (nSPS) is 26.1. The van der Waals surface area contributed by atoms with Gasteiger partial charge < -0.3 is 0 Å². The summed E-state index contributed by atoms with van der Waals surface area (Å²) in [5.41, 5.74) is -4.80. The lowest BCUT2D eigenvalue weighted by Gasteiger charge is -2.23. The predicted molar refractivity (Wildman–Crippen MR) is 76.3 cm³/mol. The third-order valence-electron chi connectivity index (χ3n) is 4.30. The summed E-state index contributed by atoms with van der Waals surface area (Å²) in [7, 11) is 0. The molecule has 25 heavy (non-hydrogen) atoms. The molecule has 0 aromatic carbocycles. The maximum atomic E-state index is 13.6. The Balaban J connectivity index is 2.39. The Morgan fingerprint density at radius 1 is 1.16 bits per heavy atom. The Labute approximate surface area is 147 Å². The second kappa shape index (κ2) is 5.06. The van der Waals surface area contributed by atoms with Crippen molar-refractivity contribution in [2.24, 2.45) is 5.92 Å². The van der Waals surface area contributed by atoms with Gasteiger partial charge in [0.05, 0.1) is 0 Å². The van der Waals surface area contributed by atoms with Crippen molar-refractivity contribution in [3.8, 4) is 0 Å². The zero-order valence-electron chi connectivity index (χ0n) is 12.6. The largest absolute Gasteiger partial charge is 0.435 e. The van der Waals surface area contributed by atoms with Gasteiger partial charge in [0.2, 0.25) is 0 Å². The molecule has 0 spiro atoms. The second-order valence-corrected chi connectivity index (χ2v) is 7.20. The van der Waals surface area contributed by atoms with E-state index < -0.39 is 39.4 Å². The van der Waals surface area contributed by atoms with Gasteiger partial charge in [-0.1, -0.05) is 23.2 Å². The maximum absolute atomic E-state index is 13.6. The number of alkyl halides is 8. The molecule has 1 aliphatic carbocycles. The van der Waals surface area contributed by atoms with Crippen LogP contribution in [0.2, 0.25) is 0 Å². The number of rotatable bonds is 2. The molecule has 2 heterocycles. The van der Waals surface area contributed by atoms with E-state index >= 15 is 0 Å². The molecule has 1 saturated carbocycles. The van der Waals surface area contributed by atoms with Gasteiger partial charge in [-0.3, -0.25) is 9.78 Å². The van der Waals surface area contributed by atoms with Gasteiger partial charge in [-0.15, -0.1) is 0 Å². The van der Waals surface area contributed by atoms with Crippen LogP contribution >= 0.6 is 23.2 Å². The summed E-state index contributed by atoms with van der Waals surface area (Å²) in [5, 5.41) is 8.99. The molecule has 138 valence electrons. The van der Waals surface area contributed by atoms with Gasteiger partial charge in [0.15, 0.2) is 10.0 Å². The average molecular weight is 407 g/mol. The molecule has 0 amide bonds. The first-order valence-electron chi connectivity index (χ1n) is 6.85. The molecule has 2 aromatic heterocycles. The first kappa shape index (κ1) is 18.4. The number of aryl methyl sites for hydroxylation is 2. The lowest BCUT2D eigenvalue weighted by molar-refractivity contribution is -0.156. The standard InChI is InChI=1S/C13H10Cl2F6N4/c1-5-3-4-22-25(5)10(9(11(10,14)15)13(19,20)21)7-6(2)23-24-8(7)12(16,17)18/h3-4,9H,1-2H3,(H,23,24). The first-order chi connectivity index (χ1) is 11.3. The van der Waals surface area contributed by atoms with Crippen LogP contribution < -0.4 is 0 Å². The van der Waals surface area contributed by atoms with Crippen LogP contribution in [0.5, 0.6) is 0 Å². The third kappa shape index (κ3) is 2.29. The van der Waals surface area contributed by atoms with E-state index in [2.05, 4.69) is 15.3 Å². The fourth-order valence-corrected chi connectivity index (χ4v) is 4.37. The van der Waals surface area contributed by atoms with Crippen LogP contribution in [0.3, 0.4) is 0 Å². The van der Waals surface area contributed by atoms with E-state index in [1.54, 1.807) is 0 Å². The molecule has 2 atom stereocenters. The Morgan fingerprint density at radius 3 is 2.16 bits per heavy atom. The SMILES string of the molecule is Cc1[nH]nc(C(F)(F)F)c1C1(n2nccc2C)C(C(F)(F)F)C1(Cl)Cl. The minimum Gasteiger partial charge on any atom is -0.282 e. The summed E-state index contributed by atoms with van der Waals surface area (Å²) in [6.45, 7) is 2.57. The lowest BCUT2D eigenvalue weighted by Crippen LogP contribution is -2.33. The van der Waals surface area contributed by atoms with Crippen LogP contribution in [0.4, 0.5) is 26.3 Å². The molecule has 1 aliphatic rings. The summed E-state index contributed by atoms with van der Waals surface area (Å²) in [6.07, 6.45) is -8.80. The first-order valence-corrected chi connectivity index (χ1v) is 7.61. The average Bonchev–Trinajstić information content (AvgIpc) is 2.79. The van der Waals surface area contributed by atoms with Crippen molar-refractivity contribution in [3.05, 3.63) is 34.9 Å². The number of H-pyrrole nitrogens is 1. The van der Waals surface area contributed by atoms with Crippen molar-refractivity contribution < 1.29 is 26.3 Å². The molecular weight excluding hydrogens is 397 g/mol. The molecule has 0 aliphatic heterocycles. The van der Waals surface area contributed by atoms with Gasteiger partial charge in [-0.25, -0.2) is 0 Å². The third-order valence-corrected chi connectivity index (χ3v) is 5.31. The Bertz CT molecular complexity index is 821. The fourth-order valence-electron chi connectivity index (χ4n) is 3.35. The number of nitrogens with one attached hydrogen (secondary N) is 1. The van der Waals surface area contributed by atoms with Crippen molar-refractivity contribution in [3.63, 3.8) is 0 Å². The Kier molecular flexibility index (Phi) is 3.72. The zero-order valence-corrected chi connectivity index (χ0v) is 14.1. The minimum absolute atomic E-state index is 0.172. The molecular formula is C13H10Cl2F6N4.